The van der Waals surface area contributed by atoms with Crippen LogP contribution in [0.25, 0.3) is 0 Å². The van der Waals surface area contributed by atoms with E-state index in [4.69, 9.17) is 0 Å². The first kappa shape index (κ1) is 17.4. The molecule has 0 radical (unpaired) electrons. The summed E-state index contributed by atoms with van der Waals surface area (Å²) in [4.78, 5) is 0.414. The van der Waals surface area contributed by atoms with Crippen molar-refractivity contribution in [2.24, 2.45) is 0 Å². The lowest BCUT2D eigenvalue weighted by Gasteiger charge is -2.33. The second-order valence-electron chi connectivity index (χ2n) is 6.36. The van der Waals surface area contributed by atoms with Crippen molar-refractivity contribution in [2.75, 3.05) is 13.2 Å². The molecule has 1 fully saturated rings. The summed E-state index contributed by atoms with van der Waals surface area (Å²) in [5.74, 6) is 0. The van der Waals surface area contributed by atoms with E-state index >= 15 is 0 Å². The van der Waals surface area contributed by atoms with E-state index in [0.29, 0.717) is 4.90 Å². The Bertz CT molecular complexity index is 596. The Morgan fingerprint density at radius 1 is 1.09 bits per heavy atom. The van der Waals surface area contributed by atoms with Gasteiger partial charge in [-0.15, -0.1) is 0 Å². The van der Waals surface area contributed by atoms with Crippen LogP contribution in [0.15, 0.2) is 17.0 Å². The van der Waals surface area contributed by atoms with Crippen LogP contribution in [0.1, 0.15) is 48.8 Å². The maximum Gasteiger partial charge on any atom is 0.243 e. The zero-order valence-electron chi connectivity index (χ0n) is 13.8. The number of aliphatic hydroxyl groups is 1. The number of aryl methyl sites for hydroxylation is 3. The van der Waals surface area contributed by atoms with E-state index in [2.05, 4.69) is 0 Å². The highest BCUT2D eigenvalue weighted by Gasteiger charge is 2.33. The van der Waals surface area contributed by atoms with Crippen molar-refractivity contribution in [3.63, 3.8) is 0 Å². The van der Waals surface area contributed by atoms with Crippen LogP contribution < -0.4 is 0 Å². The van der Waals surface area contributed by atoms with Crippen LogP contribution in [0.4, 0.5) is 0 Å². The minimum Gasteiger partial charge on any atom is -0.395 e. The van der Waals surface area contributed by atoms with E-state index in [9.17, 15) is 13.5 Å². The molecule has 1 aliphatic carbocycles. The van der Waals surface area contributed by atoms with Gasteiger partial charge in [-0.3, -0.25) is 0 Å². The topological polar surface area (TPSA) is 57.6 Å². The van der Waals surface area contributed by atoms with Crippen molar-refractivity contribution in [3.8, 4) is 0 Å². The van der Waals surface area contributed by atoms with E-state index in [1.54, 1.807) is 0 Å². The van der Waals surface area contributed by atoms with E-state index in [1.165, 1.54) is 10.7 Å². The van der Waals surface area contributed by atoms with Gasteiger partial charge in [-0.05, 0) is 44.7 Å². The first-order valence-corrected chi connectivity index (χ1v) is 9.52. The third-order valence-corrected chi connectivity index (χ3v) is 6.73. The molecule has 0 aromatic heterocycles. The van der Waals surface area contributed by atoms with Crippen LogP contribution in [0.2, 0.25) is 0 Å². The van der Waals surface area contributed by atoms with E-state index in [0.717, 1.165) is 42.4 Å². The third kappa shape index (κ3) is 3.53. The summed E-state index contributed by atoms with van der Waals surface area (Å²) in [6.45, 7) is 5.72. The molecule has 0 unspecified atom stereocenters. The maximum absolute atomic E-state index is 13.2. The molecule has 4 nitrogen and oxygen atoms in total. The normalized spacial score (nSPS) is 17.1. The molecule has 0 spiro atoms. The molecule has 1 aliphatic rings. The van der Waals surface area contributed by atoms with Crippen molar-refractivity contribution in [2.45, 2.75) is 63.8 Å². The zero-order chi connectivity index (χ0) is 16.3. The lowest BCUT2D eigenvalue weighted by molar-refractivity contribution is 0.199. The molecule has 1 aromatic rings. The van der Waals surface area contributed by atoms with Crippen LogP contribution in [0.3, 0.4) is 0 Å². The molecule has 1 saturated carbocycles. The minimum absolute atomic E-state index is 0.0194. The van der Waals surface area contributed by atoms with Crippen LogP contribution in [-0.2, 0) is 10.0 Å². The molecule has 0 aliphatic heterocycles. The van der Waals surface area contributed by atoms with Gasteiger partial charge in [0.25, 0.3) is 0 Å². The molecule has 1 aromatic carbocycles. The summed E-state index contributed by atoms with van der Waals surface area (Å²) < 4.78 is 27.9. The average molecular weight is 325 g/mol. The Hall–Kier alpha value is -0.910. The summed E-state index contributed by atoms with van der Waals surface area (Å²) in [5, 5.41) is 9.35. The van der Waals surface area contributed by atoms with Crippen LogP contribution in [0, 0.1) is 20.8 Å². The smallest absolute Gasteiger partial charge is 0.243 e. The Labute approximate surface area is 134 Å². The highest BCUT2D eigenvalue weighted by atomic mass is 32.2. The molecule has 0 bridgehead atoms. The Morgan fingerprint density at radius 2 is 1.64 bits per heavy atom. The third-order valence-electron chi connectivity index (χ3n) is 4.47. The molecule has 22 heavy (non-hydrogen) atoms. The number of rotatable bonds is 5. The van der Waals surface area contributed by atoms with Gasteiger partial charge in [0.15, 0.2) is 0 Å². The van der Waals surface area contributed by atoms with Crippen molar-refractivity contribution in [1.29, 1.82) is 0 Å². The van der Waals surface area contributed by atoms with E-state index in [1.807, 2.05) is 32.9 Å². The van der Waals surface area contributed by atoms with Crippen molar-refractivity contribution >= 4 is 10.0 Å². The standard InChI is InChI=1S/C17H27NO3S/c1-13-11-14(2)17(15(3)12-13)22(20,21)18(9-10-19)16-7-5-4-6-8-16/h11-12,16,19H,4-10H2,1-3H3. The fraction of sp³-hybridized carbons (Fsp3) is 0.647. The molecule has 2 rings (SSSR count). The van der Waals surface area contributed by atoms with Gasteiger partial charge in [0.05, 0.1) is 11.5 Å². The highest BCUT2D eigenvalue weighted by Crippen LogP contribution is 2.31. The average Bonchev–Trinajstić information content (AvgIpc) is 2.44. The van der Waals surface area contributed by atoms with Gasteiger partial charge >= 0.3 is 0 Å². The second kappa shape index (κ2) is 7.11. The highest BCUT2D eigenvalue weighted by molar-refractivity contribution is 7.89. The van der Waals surface area contributed by atoms with Crippen LogP contribution in [0.5, 0.6) is 0 Å². The Balaban J connectivity index is 2.45. The number of nitrogens with zero attached hydrogens (tertiary/aromatic N) is 1. The monoisotopic (exact) mass is 325 g/mol. The van der Waals surface area contributed by atoms with Crippen LogP contribution in [-0.4, -0.2) is 37.0 Å². The summed E-state index contributed by atoms with van der Waals surface area (Å²) in [5.41, 5.74) is 2.65. The minimum atomic E-state index is -3.57. The number of hydrogen-bond donors (Lipinski definition) is 1. The first-order chi connectivity index (χ1) is 10.4. The lowest BCUT2D eigenvalue weighted by Crippen LogP contribution is -2.43. The fourth-order valence-corrected chi connectivity index (χ4v) is 5.75. The Morgan fingerprint density at radius 3 is 2.14 bits per heavy atom. The number of aliphatic hydroxyl groups excluding tert-OH is 1. The molecular weight excluding hydrogens is 298 g/mol. The second-order valence-corrected chi connectivity index (χ2v) is 8.19. The van der Waals surface area contributed by atoms with Gasteiger partial charge in [-0.25, -0.2) is 8.42 Å². The van der Waals surface area contributed by atoms with Crippen molar-refractivity contribution in [1.82, 2.24) is 4.31 Å². The number of sulfonamides is 1. The summed E-state index contributed by atoms with van der Waals surface area (Å²) in [6.07, 6.45) is 5.08. The van der Waals surface area contributed by atoms with E-state index < -0.39 is 10.0 Å². The Kier molecular flexibility index (Phi) is 5.64. The maximum atomic E-state index is 13.2. The van der Waals surface area contributed by atoms with Crippen molar-refractivity contribution < 1.29 is 13.5 Å². The number of hydrogen-bond acceptors (Lipinski definition) is 3. The molecular formula is C17H27NO3S. The van der Waals surface area contributed by atoms with Gasteiger partial charge in [-0.1, -0.05) is 37.0 Å². The SMILES string of the molecule is Cc1cc(C)c(S(=O)(=O)N(CCO)C2CCCCC2)c(C)c1. The van der Waals surface area contributed by atoms with Crippen molar-refractivity contribution in [3.05, 3.63) is 28.8 Å². The van der Waals surface area contributed by atoms with Gasteiger partial charge in [0.1, 0.15) is 0 Å². The van der Waals surface area contributed by atoms with E-state index in [-0.39, 0.29) is 19.2 Å². The molecule has 0 atom stereocenters. The van der Waals surface area contributed by atoms with Gasteiger partial charge < -0.3 is 5.11 Å². The number of benzene rings is 1. The van der Waals surface area contributed by atoms with Gasteiger partial charge in [0.2, 0.25) is 10.0 Å². The molecule has 1 N–H and O–H groups in total. The molecule has 0 saturated heterocycles. The molecule has 0 heterocycles. The van der Waals surface area contributed by atoms with Gasteiger partial charge in [0, 0.05) is 12.6 Å². The van der Waals surface area contributed by atoms with Crippen LogP contribution >= 0.6 is 0 Å². The molecule has 5 heteroatoms. The van der Waals surface area contributed by atoms with Gasteiger partial charge in [-0.2, -0.15) is 4.31 Å². The fourth-order valence-electron chi connectivity index (χ4n) is 3.66. The summed E-state index contributed by atoms with van der Waals surface area (Å²) in [7, 11) is -3.57. The quantitative estimate of drug-likeness (QED) is 0.905. The first-order valence-electron chi connectivity index (χ1n) is 8.08. The predicted molar refractivity (Wildman–Crippen MR) is 88.5 cm³/mol. The zero-order valence-corrected chi connectivity index (χ0v) is 14.6. The molecule has 0 amide bonds. The predicted octanol–water partition coefficient (Wildman–Crippen LogP) is 2.93. The molecule has 124 valence electrons. The largest absolute Gasteiger partial charge is 0.395 e. The lowest BCUT2D eigenvalue weighted by atomic mass is 9.95. The summed E-state index contributed by atoms with van der Waals surface area (Å²) in [6, 6.07) is 3.85. The summed E-state index contributed by atoms with van der Waals surface area (Å²) >= 11 is 0.